The van der Waals surface area contributed by atoms with E-state index in [2.05, 4.69) is 9.97 Å². The molecule has 2 heterocycles. The first-order valence-electron chi connectivity index (χ1n) is 5.92. The molecule has 1 saturated heterocycles. The van der Waals surface area contributed by atoms with Crippen molar-refractivity contribution in [3.8, 4) is 0 Å². The molecule has 5 heteroatoms. The normalized spacial score (nSPS) is 24.6. The maximum Gasteiger partial charge on any atom is 0.311 e. The minimum atomic E-state index is -0.696. The Balaban J connectivity index is 2.20. The first kappa shape index (κ1) is 11.8. The van der Waals surface area contributed by atoms with E-state index < -0.39 is 11.4 Å². The Morgan fingerprint density at radius 2 is 2.47 bits per heavy atom. The van der Waals surface area contributed by atoms with Crippen LogP contribution < -0.4 is 4.90 Å². The van der Waals surface area contributed by atoms with E-state index in [4.69, 9.17) is 0 Å². The molecule has 0 amide bonds. The van der Waals surface area contributed by atoms with Crippen molar-refractivity contribution in [2.45, 2.75) is 26.2 Å². The van der Waals surface area contributed by atoms with Gasteiger partial charge in [-0.25, -0.2) is 9.97 Å². The molecule has 1 aliphatic rings. The Hall–Kier alpha value is -1.65. The van der Waals surface area contributed by atoms with Crippen molar-refractivity contribution in [1.82, 2.24) is 9.97 Å². The molecule has 1 aromatic heterocycles. The van der Waals surface area contributed by atoms with Gasteiger partial charge in [-0.1, -0.05) is 6.92 Å². The molecule has 2 rings (SSSR count). The Bertz CT molecular complexity index is 396. The van der Waals surface area contributed by atoms with E-state index in [0.29, 0.717) is 13.0 Å². The SMILES string of the molecule is CCC1(C(=O)O)CCCN(c2ccncn2)C1. The van der Waals surface area contributed by atoms with Crippen LogP contribution in [0.15, 0.2) is 18.6 Å². The lowest BCUT2D eigenvalue weighted by Gasteiger charge is -2.39. The summed E-state index contributed by atoms with van der Waals surface area (Å²) in [6.45, 7) is 3.35. The van der Waals surface area contributed by atoms with Gasteiger partial charge in [-0.15, -0.1) is 0 Å². The summed E-state index contributed by atoms with van der Waals surface area (Å²) in [5.41, 5.74) is -0.622. The zero-order chi connectivity index (χ0) is 12.3. The molecule has 1 N–H and O–H groups in total. The van der Waals surface area contributed by atoms with Crippen LogP contribution in [0.5, 0.6) is 0 Å². The van der Waals surface area contributed by atoms with Gasteiger partial charge in [0.05, 0.1) is 5.41 Å². The second-order valence-electron chi connectivity index (χ2n) is 4.53. The van der Waals surface area contributed by atoms with Gasteiger partial charge in [-0.05, 0) is 25.3 Å². The third-order valence-corrected chi connectivity index (χ3v) is 3.60. The van der Waals surface area contributed by atoms with Gasteiger partial charge >= 0.3 is 5.97 Å². The van der Waals surface area contributed by atoms with Crippen molar-refractivity contribution in [3.63, 3.8) is 0 Å². The number of aliphatic carboxylic acids is 1. The van der Waals surface area contributed by atoms with E-state index in [9.17, 15) is 9.90 Å². The fourth-order valence-corrected chi connectivity index (χ4v) is 2.41. The number of hydrogen-bond acceptors (Lipinski definition) is 4. The molecule has 1 aromatic rings. The maximum absolute atomic E-state index is 11.4. The van der Waals surface area contributed by atoms with Crippen molar-refractivity contribution in [3.05, 3.63) is 18.6 Å². The first-order valence-corrected chi connectivity index (χ1v) is 5.92. The highest BCUT2D eigenvalue weighted by Gasteiger charge is 2.41. The molecule has 0 aromatic carbocycles. The monoisotopic (exact) mass is 235 g/mol. The highest BCUT2D eigenvalue weighted by Crippen LogP contribution is 2.35. The summed E-state index contributed by atoms with van der Waals surface area (Å²) >= 11 is 0. The summed E-state index contributed by atoms with van der Waals surface area (Å²) < 4.78 is 0. The second kappa shape index (κ2) is 4.69. The van der Waals surface area contributed by atoms with Gasteiger partial charge in [0.15, 0.2) is 0 Å². The summed E-state index contributed by atoms with van der Waals surface area (Å²) in [6.07, 6.45) is 5.48. The van der Waals surface area contributed by atoms with Gasteiger partial charge in [0, 0.05) is 19.3 Å². The zero-order valence-corrected chi connectivity index (χ0v) is 9.96. The number of carboxylic acid groups (broad SMARTS) is 1. The largest absolute Gasteiger partial charge is 0.481 e. The molecule has 1 aliphatic heterocycles. The Labute approximate surface area is 100 Å². The molecule has 92 valence electrons. The standard InChI is InChI=1S/C12H17N3O2/c1-2-12(11(16)17)5-3-7-15(8-12)10-4-6-13-9-14-10/h4,6,9H,2-3,5,7-8H2,1H3,(H,16,17). The molecular formula is C12H17N3O2. The van der Waals surface area contributed by atoms with Crippen molar-refractivity contribution in [2.24, 2.45) is 5.41 Å². The molecule has 5 nitrogen and oxygen atoms in total. The van der Waals surface area contributed by atoms with Gasteiger partial charge < -0.3 is 10.0 Å². The predicted molar refractivity (Wildman–Crippen MR) is 63.8 cm³/mol. The van der Waals surface area contributed by atoms with Crippen molar-refractivity contribution < 1.29 is 9.90 Å². The third-order valence-electron chi connectivity index (χ3n) is 3.60. The average molecular weight is 235 g/mol. The summed E-state index contributed by atoms with van der Waals surface area (Å²) in [4.78, 5) is 21.5. The Morgan fingerprint density at radius 1 is 1.65 bits per heavy atom. The molecule has 0 radical (unpaired) electrons. The number of piperidine rings is 1. The fraction of sp³-hybridized carbons (Fsp3) is 0.583. The molecule has 0 spiro atoms. The number of carbonyl (C=O) groups is 1. The van der Waals surface area contributed by atoms with Crippen LogP contribution in [-0.2, 0) is 4.79 Å². The van der Waals surface area contributed by atoms with Crippen LogP contribution in [0.4, 0.5) is 5.82 Å². The van der Waals surface area contributed by atoms with Crippen LogP contribution in [-0.4, -0.2) is 34.1 Å². The van der Waals surface area contributed by atoms with Gasteiger partial charge in [0.1, 0.15) is 12.1 Å². The Morgan fingerprint density at radius 3 is 3.06 bits per heavy atom. The predicted octanol–water partition coefficient (Wildman–Crippen LogP) is 1.56. The average Bonchev–Trinajstić information content (AvgIpc) is 2.39. The number of rotatable bonds is 3. The van der Waals surface area contributed by atoms with Crippen molar-refractivity contribution in [2.75, 3.05) is 18.0 Å². The van der Waals surface area contributed by atoms with Gasteiger partial charge in [0.25, 0.3) is 0 Å². The summed E-state index contributed by atoms with van der Waals surface area (Å²) in [7, 11) is 0. The highest BCUT2D eigenvalue weighted by molar-refractivity contribution is 5.75. The van der Waals surface area contributed by atoms with Crippen LogP contribution in [0.2, 0.25) is 0 Å². The van der Waals surface area contributed by atoms with Gasteiger partial charge in [-0.2, -0.15) is 0 Å². The minimum absolute atomic E-state index is 0.538. The second-order valence-corrected chi connectivity index (χ2v) is 4.53. The maximum atomic E-state index is 11.4. The number of hydrogen-bond donors (Lipinski definition) is 1. The molecule has 1 unspecified atom stereocenters. The molecule has 1 atom stereocenters. The molecule has 0 saturated carbocycles. The number of nitrogens with zero attached hydrogens (tertiary/aromatic N) is 3. The smallest absolute Gasteiger partial charge is 0.311 e. The number of aromatic nitrogens is 2. The van der Waals surface area contributed by atoms with Crippen molar-refractivity contribution >= 4 is 11.8 Å². The summed E-state index contributed by atoms with van der Waals surface area (Å²) in [5, 5.41) is 9.39. The molecule has 1 fully saturated rings. The molecule has 17 heavy (non-hydrogen) atoms. The van der Waals surface area contributed by atoms with E-state index in [1.54, 1.807) is 6.20 Å². The van der Waals surface area contributed by atoms with Crippen LogP contribution in [0.3, 0.4) is 0 Å². The van der Waals surface area contributed by atoms with Crippen LogP contribution in [0, 0.1) is 5.41 Å². The third kappa shape index (κ3) is 2.23. The fourth-order valence-electron chi connectivity index (χ4n) is 2.41. The van der Waals surface area contributed by atoms with E-state index in [1.807, 2.05) is 17.9 Å². The summed E-state index contributed by atoms with van der Waals surface area (Å²) in [5.74, 6) is 0.123. The molecular weight excluding hydrogens is 218 g/mol. The van der Waals surface area contributed by atoms with Crippen LogP contribution in [0.1, 0.15) is 26.2 Å². The topological polar surface area (TPSA) is 66.3 Å². The quantitative estimate of drug-likeness (QED) is 0.861. The lowest BCUT2D eigenvalue weighted by atomic mass is 9.77. The van der Waals surface area contributed by atoms with E-state index in [1.165, 1.54) is 6.33 Å². The Kier molecular flexibility index (Phi) is 3.26. The minimum Gasteiger partial charge on any atom is -0.481 e. The zero-order valence-electron chi connectivity index (χ0n) is 9.96. The highest BCUT2D eigenvalue weighted by atomic mass is 16.4. The van der Waals surface area contributed by atoms with Crippen molar-refractivity contribution in [1.29, 1.82) is 0 Å². The van der Waals surface area contributed by atoms with Gasteiger partial charge in [-0.3, -0.25) is 4.79 Å². The molecule has 0 aliphatic carbocycles. The van der Waals surface area contributed by atoms with Crippen LogP contribution in [0.25, 0.3) is 0 Å². The lowest BCUT2D eigenvalue weighted by Crippen LogP contribution is -2.47. The number of anilines is 1. The van der Waals surface area contributed by atoms with Gasteiger partial charge in [0.2, 0.25) is 0 Å². The summed E-state index contributed by atoms with van der Waals surface area (Å²) in [6, 6.07) is 1.83. The first-order chi connectivity index (χ1) is 8.18. The van der Waals surface area contributed by atoms with E-state index in [-0.39, 0.29) is 0 Å². The molecule has 0 bridgehead atoms. The van der Waals surface area contributed by atoms with E-state index in [0.717, 1.165) is 25.2 Å². The lowest BCUT2D eigenvalue weighted by molar-refractivity contribution is -0.149. The number of carboxylic acids is 1. The van der Waals surface area contributed by atoms with E-state index >= 15 is 0 Å². The van der Waals surface area contributed by atoms with Crippen LogP contribution >= 0.6 is 0 Å².